The van der Waals surface area contributed by atoms with E-state index in [2.05, 4.69) is 4.72 Å². The van der Waals surface area contributed by atoms with Crippen molar-refractivity contribution in [2.75, 3.05) is 11.0 Å². The molecule has 0 aliphatic heterocycles. The molecule has 110 valence electrons. The Hall–Kier alpha value is -2.14. The summed E-state index contributed by atoms with van der Waals surface area (Å²) in [7, 11) is -3.31. The van der Waals surface area contributed by atoms with Crippen molar-refractivity contribution in [1.29, 1.82) is 0 Å². The van der Waals surface area contributed by atoms with Crippen LogP contribution in [-0.4, -0.2) is 20.5 Å². The lowest BCUT2D eigenvalue weighted by atomic mass is 9.99. The van der Waals surface area contributed by atoms with E-state index >= 15 is 0 Å². The highest BCUT2D eigenvalue weighted by Gasteiger charge is 2.10. The lowest BCUT2D eigenvalue weighted by Crippen LogP contribution is -2.09. The first-order chi connectivity index (χ1) is 9.74. The van der Waals surface area contributed by atoms with Crippen LogP contribution in [0.3, 0.4) is 0 Å². The molecule has 0 heterocycles. The van der Waals surface area contributed by atoms with Crippen LogP contribution in [0.4, 0.5) is 5.69 Å². The SMILES string of the molecule is Cc1cc(C)cc(C(=O)c2ccc(NS(C)(=O)=O)cc2)c1. The molecule has 4 nitrogen and oxygen atoms in total. The number of nitrogens with one attached hydrogen (secondary N) is 1. The van der Waals surface area contributed by atoms with E-state index in [1.807, 2.05) is 32.0 Å². The molecule has 0 aliphatic carbocycles. The van der Waals surface area contributed by atoms with Crippen LogP contribution in [0.15, 0.2) is 42.5 Å². The maximum Gasteiger partial charge on any atom is 0.229 e. The summed E-state index contributed by atoms with van der Waals surface area (Å²) < 4.78 is 24.6. The van der Waals surface area contributed by atoms with Crippen LogP contribution in [0.25, 0.3) is 0 Å². The summed E-state index contributed by atoms with van der Waals surface area (Å²) in [4.78, 5) is 12.4. The van der Waals surface area contributed by atoms with Gasteiger partial charge in [0, 0.05) is 16.8 Å². The maximum atomic E-state index is 12.4. The van der Waals surface area contributed by atoms with Gasteiger partial charge in [0.15, 0.2) is 5.78 Å². The van der Waals surface area contributed by atoms with Crippen LogP contribution >= 0.6 is 0 Å². The standard InChI is InChI=1S/C16H17NO3S/c1-11-8-12(2)10-14(9-11)16(18)13-4-6-15(7-5-13)17-21(3,19)20/h4-10,17H,1-3H3. The monoisotopic (exact) mass is 303 g/mol. The molecule has 0 spiro atoms. The summed E-state index contributed by atoms with van der Waals surface area (Å²) >= 11 is 0. The number of anilines is 1. The van der Waals surface area contributed by atoms with Crippen molar-refractivity contribution in [3.63, 3.8) is 0 Å². The van der Waals surface area contributed by atoms with Crippen molar-refractivity contribution >= 4 is 21.5 Å². The van der Waals surface area contributed by atoms with Crippen LogP contribution in [0.5, 0.6) is 0 Å². The van der Waals surface area contributed by atoms with Crippen LogP contribution in [0, 0.1) is 13.8 Å². The highest BCUT2D eigenvalue weighted by Crippen LogP contribution is 2.16. The molecular formula is C16H17NO3S. The Labute approximate surface area is 124 Å². The quantitative estimate of drug-likeness (QED) is 0.883. The highest BCUT2D eigenvalue weighted by atomic mass is 32.2. The second-order valence-electron chi connectivity index (χ2n) is 5.16. The topological polar surface area (TPSA) is 63.2 Å². The molecule has 2 rings (SSSR count). The molecule has 0 amide bonds. The predicted molar refractivity (Wildman–Crippen MR) is 84.3 cm³/mol. The van der Waals surface area contributed by atoms with E-state index in [1.54, 1.807) is 24.3 Å². The summed E-state index contributed by atoms with van der Waals surface area (Å²) in [6, 6.07) is 12.1. The molecule has 1 N–H and O–H groups in total. The fraction of sp³-hybridized carbons (Fsp3) is 0.188. The van der Waals surface area contributed by atoms with Gasteiger partial charge in [-0.2, -0.15) is 0 Å². The van der Waals surface area contributed by atoms with Gasteiger partial charge >= 0.3 is 0 Å². The second kappa shape index (κ2) is 5.69. The highest BCUT2D eigenvalue weighted by molar-refractivity contribution is 7.92. The van der Waals surface area contributed by atoms with E-state index in [0.717, 1.165) is 17.4 Å². The van der Waals surface area contributed by atoms with Gasteiger partial charge < -0.3 is 0 Å². The van der Waals surface area contributed by atoms with E-state index in [1.165, 1.54) is 0 Å². The molecule has 0 radical (unpaired) electrons. The first kappa shape index (κ1) is 15.3. The third-order valence-corrected chi connectivity index (χ3v) is 3.54. The zero-order valence-electron chi connectivity index (χ0n) is 12.2. The molecule has 0 aliphatic rings. The summed E-state index contributed by atoms with van der Waals surface area (Å²) in [5.41, 5.74) is 3.67. The van der Waals surface area contributed by atoms with Gasteiger partial charge in [-0.3, -0.25) is 9.52 Å². The van der Waals surface area contributed by atoms with E-state index in [4.69, 9.17) is 0 Å². The molecule has 2 aromatic carbocycles. The minimum absolute atomic E-state index is 0.0762. The number of rotatable bonds is 4. The number of hydrogen-bond donors (Lipinski definition) is 1. The molecule has 0 saturated carbocycles. The van der Waals surface area contributed by atoms with Gasteiger partial charge in [-0.25, -0.2) is 8.42 Å². The summed E-state index contributed by atoms with van der Waals surface area (Å²) in [6.07, 6.45) is 1.08. The average molecular weight is 303 g/mol. The third kappa shape index (κ3) is 4.16. The van der Waals surface area contributed by atoms with Crippen molar-refractivity contribution in [3.8, 4) is 0 Å². The Morgan fingerprint density at radius 3 is 1.90 bits per heavy atom. The maximum absolute atomic E-state index is 12.4. The lowest BCUT2D eigenvalue weighted by Gasteiger charge is -2.07. The summed E-state index contributed by atoms with van der Waals surface area (Å²) in [5, 5.41) is 0. The Balaban J connectivity index is 2.28. The number of aryl methyl sites for hydroxylation is 2. The summed E-state index contributed by atoms with van der Waals surface area (Å²) in [5.74, 6) is -0.0762. The van der Waals surface area contributed by atoms with Gasteiger partial charge in [0.05, 0.1) is 6.26 Å². The van der Waals surface area contributed by atoms with E-state index in [9.17, 15) is 13.2 Å². The first-order valence-corrected chi connectivity index (χ1v) is 8.34. The minimum atomic E-state index is -3.31. The van der Waals surface area contributed by atoms with Gasteiger partial charge in [-0.1, -0.05) is 17.2 Å². The fourth-order valence-corrected chi connectivity index (χ4v) is 2.74. The molecule has 5 heteroatoms. The number of sulfonamides is 1. The zero-order chi connectivity index (χ0) is 15.6. The van der Waals surface area contributed by atoms with Gasteiger partial charge in [0.25, 0.3) is 0 Å². The summed E-state index contributed by atoms with van der Waals surface area (Å²) in [6.45, 7) is 3.89. The predicted octanol–water partition coefficient (Wildman–Crippen LogP) is 2.91. The smallest absolute Gasteiger partial charge is 0.229 e. The molecule has 0 aromatic heterocycles. The van der Waals surface area contributed by atoms with Crippen LogP contribution in [0.2, 0.25) is 0 Å². The van der Waals surface area contributed by atoms with Crippen LogP contribution in [-0.2, 0) is 10.0 Å². The van der Waals surface area contributed by atoms with Crippen LogP contribution < -0.4 is 4.72 Å². The largest absolute Gasteiger partial charge is 0.289 e. The number of ketones is 1. The Bertz CT molecular complexity index is 757. The van der Waals surface area contributed by atoms with Gasteiger partial charge in [0.2, 0.25) is 10.0 Å². The molecule has 0 atom stereocenters. The molecule has 0 saturated heterocycles. The third-order valence-electron chi connectivity index (χ3n) is 2.93. The molecule has 0 fully saturated rings. The van der Waals surface area contributed by atoms with Crippen LogP contribution in [0.1, 0.15) is 27.0 Å². The van der Waals surface area contributed by atoms with Crippen molar-refractivity contribution in [2.45, 2.75) is 13.8 Å². The van der Waals surface area contributed by atoms with E-state index < -0.39 is 10.0 Å². The van der Waals surface area contributed by atoms with Gasteiger partial charge in [-0.15, -0.1) is 0 Å². The molecule has 0 unspecified atom stereocenters. The van der Waals surface area contributed by atoms with E-state index in [0.29, 0.717) is 16.8 Å². The first-order valence-electron chi connectivity index (χ1n) is 6.45. The number of benzene rings is 2. The molecular weight excluding hydrogens is 286 g/mol. The number of carbonyl (C=O) groups excluding carboxylic acids is 1. The molecule has 0 bridgehead atoms. The zero-order valence-corrected chi connectivity index (χ0v) is 13.0. The Kier molecular flexibility index (Phi) is 4.14. The number of carbonyl (C=O) groups is 1. The number of hydrogen-bond acceptors (Lipinski definition) is 3. The average Bonchev–Trinajstić information content (AvgIpc) is 2.35. The Morgan fingerprint density at radius 2 is 1.43 bits per heavy atom. The fourth-order valence-electron chi connectivity index (χ4n) is 2.18. The van der Waals surface area contributed by atoms with Crippen molar-refractivity contribution in [1.82, 2.24) is 0 Å². The van der Waals surface area contributed by atoms with Crippen molar-refractivity contribution in [2.24, 2.45) is 0 Å². The molecule has 2 aromatic rings. The van der Waals surface area contributed by atoms with Gasteiger partial charge in [-0.05, 0) is 50.2 Å². The normalized spacial score (nSPS) is 11.2. The van der Waals surface area contributed by atoms with Crippen molar-refractivity contribution < 1.29 is 13.2 Å². The Morgan fingerprint density at radius 1 is 0.905 bits per heavy atom. The lowest BCUT2D eigenvalue weighted by molar-refractivity contribution is 0.103. The van der Waals surface area contributed by atoms with Gasteiger partial charge in [0.1, 0.15) is 0 Å². The minimum Gasteiger partial charge on any atom is -0.289 e. The molecule has 21 heavy (non-hydrogen) atoms. The second-order valence-corrected chi connectivity index (χ2v) is 6.91. The van der Waals surface area contributed by atoms with E-state index in [-0.39, 0.29) is 5.78 Å². The van der Waals surface area contributed by atoms with Crippen molar-refractivity contribution in [3.05, 3.63) is 64.7 Å².